The minimum Gasteiger partial charge on any atom is -0.508 e. The van der Waals surface area contributed by atoms with Gasteiger partial charge in [0.2, 0.25) is 5.60 Å². The zero-order chi connectivity index (χ0) is 18.2. The minimum absolute atomic E-state index is 0.0744. The van der Waals surface area contributed by atoms with E-state index in [1.807, 2.05) is 0 Å². The van der Waals surface area contributed by atoms with Gasteiger partial charge in [0.1, 0.15) is 11.5 Å². The fourth-order valence-corrected chi connectivity index (χ4v) is 2.82. The van der Waals surface area contributed by atoms with Gasteiger partial charge in [0.15, 0.2) is 0 Å². The number of alkyl halides is 3. The zero-order valence-electron chi connectivity index (χ0n) is 12.7. The molecule has 3 rings (SSSR count). The lowest BCUT2D eigenvalue weighted by atomic mass is 9.82. The number of aliphatic carboxylic acids is 1. The summed E-state index contributed by atoms with van der Waals surface area (Å²) < 4.78 is 47.2. The van der Waals surface area contributed by atoms with Crippen LogP contribution in [0, 0.1) is 0 Å². The number of fused-ring (bicyclic) bond motifs is 1. The molecule has 1 heterocycles. The summed E-state index contributed by atoms with van der Waals surface area (Å²) in [5.41, 5.74) is -3.59. The molecule has 1 unspecified atom stereocenters. The molecule has 0 bridgehead atoms. The summed E-state index contributed by atoms with van der Waals surface area (Å²) in [5.74, 6) is -2.08. The van der Waals surface area contributed by atoms with Gasteiger partial charge in [0.05, 0.1) is 5.57 Å². The van der Waals surface area contributed by atoms with E-state index in [0.29, 0.717) is 0 Å². The standard InChI is InChI=1S/C18H13F3O4/c19-18(20,21)17(10-11-4-2-1-3-5-11)14(16(23)24)9-12-8-13(22)6-7-15(12)25-17/h1-9,22H,10H2,(H,23,24). The van der Waals surface area contributed by atoms with Crippen molar-refractivity contribution in [1.29, 1.82) is 0 Å². The Morgan fingerprint density at radius 3 is 2.40 bits per heavy atom. The first-order valence-corrected chi connectivity index (χ1v) is 7.31. The first-order valence-electron chi connectivity index (χ1n) is 7.31. The topological polar surface area (TPSA) is 66.8 Å². The molecule has 0 saturated carbocycles. The third kappa shape index (κ3) is 2.93. The maximum absolute atomic E-state index is 14.0. The van der Waals surface area contributed by atoms with Crippen LogP contribution in [0.25, 0.3) is 6.08 Å². The molecule has 0 aromatic heterocycles. The van der Waals surface area contributed by atoms with E-state index >= 15 is 0 Å². The van der Waals surface area contributed by atoms with E-state index in [-0.39, 0.29) is 22.6 Å². The highest BCUT2D eigenvalue weighted by Crippen LogP contribution is 2.47. The highest BCUT2D eigenvalue weighted by atomic mass is 19.4. The van der Waals surface area contributed by atoms with Gasteiger partial charge >= 0.3 is 12.1 Å². The molecule has 2 aromatic carbocycles. The Kier molecular flexibility index (Phi) is 3.94. The summed E-state index contributed by atoms with van der Waals surface area (Å²) >= 11 is 0. The SMILES string of the molecule is O=C(O)C1=Cc2cc(O)ccc2OC1(Cc1ccccc1)C(F)(F)F. The smallest absolute Gasteiger partial charge is 0.433 e. The van der Waals surface area contributed by atoms with E-state index in [1.54, 1.807) is 18.2 Å². The molecule has 2 N–H and O–H groups in total. The Labute approximate surface area is 140 Å². The molecule has 4 nitrogen and oxygen atoms in total. The average Bonchev–Trinajstić information content (AvgIpc) is 2.54. The molecule has 1 atom stereocenters. The number of phenolic OH excluding ortho intramolecular Hbond substituents is 1. The Hall–Kier alpha value is -2.96. The molecule has 1 aliphatic heterocycles. The van der Waals surface area contributed by atoms with Gasteiger partial charge in [-0.3, -0.25) is 0 Å². The number of phenols is 1. The normalized spacial score (nSPS) is 19.6. The van der Waals surface area contributed by atoms with Crippen LogP contribution in [0.2, 0.25) is 0 Å². The lowest BCUT2D eigenvalue weighted by molar-refractivity contribution is -0.235. The fraction of sp³-hybridized carbons (Fsp3) is 0.167. The van der Waals surface area contributed by atoms with Crippen LogP contribution in [0.1, 0.15) is 11.1 Å². The average molecular weight is 350 g/mol. The van der Waals surface area contributed by atoms with Crippen molar-refractivity contribution >= 4 is 12.0 Å². The van der Waals surface area contributed by atoms with E-state index in [0.717, 1.165) is 12.1 Å². The van der Waals surface area contributed by atoms with E-state index < -0.39 is 29.7 Å². The number of carboxylic acid groups (broad SMARTS) is 1. The largest absolute Gasteiger partial charge is 0.508 e. The van der Waals surface area contributed by atoms with Crippen LogP contribution in [-0.4, -0.2) is 28.0 Å². The fourth-order valence-electron chi connectivity index (χ4n) is 2.82. The minimum atomic E-state index is -4.97. The number of carboxylic acids is 1. The third-order valence-electron chi connectivity index (χ3n) is 4.00. The van der Waals surface area contributed by atoms with Crippen molar-refractivity contribution in [2.45, 2.75) is 18.2 Å². The van der Waals surface area contributed by atoms with Gasteiger partial charge in [0.25, 0.3) is 0 Å². The monoisotopic (exact) mass is 350 g/mol. The predicted molar refractivity (Wildman–Crippen MR) is 83.3 cm³/mol. The first kappa shape index (κ1) is 16.9. The predicted octanol–water partition coefficient (Wildman–Crippen LogP) is 3.80. The van der Waals surface area contributed by atoms with Crippen LogP contribution in [0.5, 0.6) is 11.5 Å². The van der Waals surface area contributed by atoms with Crippen LogP contribution < -0.4 is 4.74 Å². The van der Waals surface area contributed by atoms with Crippen molar-refractivity contribution in [1.82, 2.24) is 0 Å². The second-order valence-electron chi connectivity index (χ2n) is 5.67. The molecule has 0 spiro atoms. The van der Waals surface area contributed by atoms with Gasteiger partial charge in [-0.05, 0) is 29.8 Å². The van der Waals surface area contributed by atoms with E-state index in [2.05, 4.69) is 0 Å². The summed E-state index contributed by atoms with van der Waals surface area (Å²) in [4.78, 5) is 11.6. The van der Waals surface area contributed by atoms with Crippen molar-refractivity contribution < 1.29 is 32.9 Å². The number of ether oxygens (including phenoxy) is 1. The van der Waals surface area contributed by atoms with Crippen molar-refractivity contribution in [2.24, 2.45) is 0 Å². The van der Waals surface area contributed by atoms with Crippen LogP contribution >= 0.6 is 0 Å². The molecule has 0 aliphatic carbocycles. The maximum atomic E-state index is 14.0. The maximum Gasteiger partial charge on any atom is 0.433 e. The second-order valence-corrected chi connectivity index (χ2v) is 5.67. The highest BCUT2D eigenvalue weighted by Gasteiger charge is 2.63. The van der Waals surface area contributed by atoms with Crippen LogP contribution in [0.4, 0.5) is 13.2 Å². The number of hydrogen-bond donors (Lipinski definition) is 2. The quantitative estimate of drug-likeness (QED) is 0.884. The Balaban J connectivity index is 2.20. The van der Waals surface area contributed by atoms with E-state index in [9.17, 15) is 28.2 Å². The molecule has 2 aromatic rings. The summed E-state index contributed by atoms with van der Waals surface area (Å²) in [5, 5.41) is 18.9. The molecule has 130 valence electrons. The first-order chi connectivity index (χ1) is 11.7. The molecule has 0 fully saturated rings. The molecule has 0 saturated heterocycles. The van der Waals surface area contributed by atoms with Gasteiger partial charge in [-0.25, -0.2) is 4.79 Å². The van der Waals surface area contributed by atoms with Crippen LogP contribution in [0.15, 0.2) is 54.1 Å². The number of aromatic hydroxyl groups is 1. The molecule has 25 heavy (non-hydrogen) atoms. The van der Waals surface area contributed by atoms with Crippen molar-refractivity contribution in [3.8, 4) is 11.5 Å². The van der Waals surface area contributed by atoms with Gasteiger partial charge in [-0.15, -0.1) is 0 Å². The highest BCUT2D eigenvalue weighted by molar-refractivity contribution is 5.96. The number of rotatable bonds is 3. The number of halogens is 3. The summed E-state index contributed by atoms with van der Waals surface area (Å²) in [6.45, 7) is 0. The Morgan fingerprint density at radius 1 is 1.12 bits per heavy atom. The van der Waals surface area contributed by atoms with E-state index in [4.69, 9.17) is 4.74 Å². The Bertz CT molecular complexity index is 843. The van der Waals surface area contributed by atoms with Gasteiger partial charge in [0, 0.05) is 12.0 Å². The Morgan fingerprint density at radius 2 is 1.80 bits per heavy atom. The molecular formula is C18H13F3O4. The molecule has 0 amide bonds. The number of carbonyl (C=O) groups is 1. The second kappa shape index (κ2) is 5.84. The van der Waals surface area contributed by atoms with Gasteiger partial charge in [-0.1, -0.05) is 30.3 Å². The van der Waals surface area contributed by atoms with Crippen molar-refractivity contribution in [3.05, 3.63) is 65.2 Å². The third-order valence-corrected chi connectivity index (χ3v) is 4.00. The van der Waals surface area contributed by atoms with Crippen molar-refractivity contribution in [2.75, 3.05) is 0 Å². The lowest BCUT2D eigenvalue weighted by Crippen LogP contribution is -2.56. The molecular weight excluding hydrogens is 337 g/mol. The van der Waals surface area contributed by atoms with Gasteiger partial charge < -0.3 is 14.9 Å². The summed E-state index contributed by atoms with van der Waals surface area (Å²) in [6, 6.07) is 11.3. The molecule has 7 heteroatoms. The van der Waals surface area contributed by atoms with Crippen LogP contribution in [0.3, 0.4) is 0 Å². The number of hydrogen-bond acceptors (Lipinski definition) is 3. The molecule has 1 aliphatic rings. The summed E-state index contributed by atoms with van der Waals surface area (Å²) in [7, 11) is 0. The van der Waals surface area contributed by atoms with Crippen molar-refractivity contribution in [3.63, 3.8) is 0 Å². The number of benzene rings is 2. The zero-order valence-corrected chi connectivity index (χ0v) is 12.7. The van der Waals surface area contributed by atoms with E-state index in [1.165, 1.54) is 24.3 Å². The summed E-state index contributed by atoms with van der Waals surface area (Å²) in [6.07, 6.45) is -4.75. The van der Waals surface area contributed by atoms with Crippen LogP contribution in [-0.2, 0) is 11.2 Å². The molecule has 0 radical (unpaired) electrons. The van der Waals surface area contributed by atoms with Gasteiger partial charge in [-0.2, -0.15) is 13.2 Å². The lowest BCUT2D eigenvalue weighted by Gasteiger charge is -2.39.